The smallest absolute Gasteiger partial charge is 0.335 e. The second-order valence-corrected chi connectivity index (χ2v) is 9.42. The summed E-state index contributed by atoms with van der Waals surface area (Å²) in [6.07, 6.45) is 1.39. The number of para-hydroxylation sites is 1. The highest BCUT2D eigenvalue weighted by atomic mass is 127. The first-order valence-electron chi connectivity index (χ1n) is 11.7. The minimum Gasteiger partial charge on any atom is -0.490 e. The maximum Gasteiger partial charge on any atom is 0.335 e. The highest BCUT2D eigenvalue weighted by Gasteiger charge is 2.36. The first-order valence-corrected chi connectivity index (χ1v) is 12.8. The number of urea groups is 1. The number of barbiturate groups is 1. The Hall–Kier alpha value is -4.19. The summed E-state index contributed by atoms with van der Waals surface area (Å²) in [4.78, 5) is 51.4. The van der Waals surface area contributed by atoms with Gasteiger partial charge in [-0.1, -0.05) is 30.3 Å². The Morgan fingerprint density at radius 1 is 1.03 bits per heavy atom. The summed E-state index contributed by atoms with van der Waals surface area (Å²) in [5.41, 5.74) is 2.29. The molecule has 1 aliphatic rings. The van der Waals surface area contributed by atoms with Crippen LogP contribution in [-0.2, 0) is 14.4 Å². The molecular formula is C28H24IN3O6. The van der Waals surface area contributed by atoms with Crippen molar-refractivity contribution in [3.63, 3.8) is 0 Å². The van der Waals surface area contributed by atoms with Gasteiger partial charge >= 0.3 is 6.03 Å². The van der Waals surface area contributed by atoms with Crippen molar-refractivity contribution < 1.29 is 28.7 Å². The number of nitrogens with zero attached hydrogens (tertiary/aromatic N) is 1. The molecular weight excluding hydrogens is 601 g/mol. The van der Waals surface area contributed by atoms with E-state index in [4.69, 9.17) is 9.47 Å². The molecule has 1 aliphatic heterocycles. The van der Waals surface area contributed by atoms with Gasteiger partial charge in [-0.3, -0.25) is 19.7 Å². The number of amides is 5. The summed E-state index contributed by atoms with van der Waals surface area (Å²) < 4.78 is 12.1. The number of carbonyl (C=O) groups excluding carboxylic acids is 4. The number of benzene rings is 3. The van der Waals surface area contributed by atoms with Crippen molar-refractivity contribution in [3.8, 4) is 11.5 Å². The van der Waals surface area contributed by atoms with Crippen LogP contribution in [0.2, 0.25) is 0 Å². The van der Waals surface area contributed by atoms with Crippen LogP contribution in [-0.4, -0.2) is 37.0 Å². The van der Waals surface area contributed by atoms with Gasteiger partial charge in [0.2, 0.25) is 0 Å². The topological polar surface area (TPSA) is 114 Å². The molecule has 3 aromatic carbocycles. The van der Waals surface area contributed by atoms with E-state index < -0.39 is 17.8 Å². The van der Waals surface area contributed by atoms with E-state index in [-0.39, 0.29) is 18.1 Å². The Morgan fingerprint density at radius 2 is 1.79 bits per heavy atom. The van der Waals surface area contributed by atoms with Gasteiger partial charge in [0.15, 0.2) is 18.1 Å². The van der Waals surface area contributed by atoms with Crippen molar-refractivity contribution >= 4 is 63.8 Å². The molecule has 0 aliphatic carbocycles. The van der Waals surface area contributed by atoms with Crippen molar-refractivity contribution in [1.82, 2.24) is 5.32 Å². The summed E-state index contributed by atoms with van der Waals surface area (Å²) in [5.74, 6) is -1.18. The molecule has 0 radical (unpaired) electrons. The highest BCUT2D eigenvalue weighted by Crippen LogP contribution is 2.35. The van der Waals surface area contributed by atoms with E-state index in [0.717, 1.165) is 10.5 Å². The predicted molar refractivity (Wildman–Crippen MR) is 151 cm³/mol. The zero-order valence-corrected chi connectivity index (χ0v) is 22.8. The average molecular weight is 625 g/mol. The van der Waals surface area contributed by atoms with Gasteiger partial charge in [-0.05, 0) is 90.0 Å². The van der Waals surface area contributed by atoms with Crippen LogP contribution < -0.4 is 25.0 Å². The number of rotatable bonds is 8. The van der Waals surface area contributed by atoms with Crippen LogP contribution in [0.1, 0.15) is 18.1 Å². The van der Waals surface area contributed by atoms with Crippen LogP contribution in [0.25, 0.3) is 6.08 Å². The number of imide groups is 2. The van der Waals surface area contributed by atoms with E-state index >= 15 is 0 Å². The normalized spacial score (nSPS) is 14.3. The zero-order valence-electron chi connectivity index (χ0n) is 20.6. The van der Waals surface area contributed by atoms with E-state index in [9.17, 15) is 19.2 Å². The van der Waals surface area contributed by atoms with Crippen LogP contribution >= 0.6 is 22.6 Å². The molecule has 4 rings (SSSR count). The molecule has 0 unspecified atom stereocenters. The number of halogens is 1. The molecule has 0 spiro atoms. The number of hydrogen-bond acceptors (Lipinski definition) is 6. The van der Waals surface area contributed by atoms with Gasteiger partial charge in [0, 0.05) is 5.69 Å². The van der Waals surface area contributed by atoms with Crippen LogP contribution in [0.3, 0.4) is 0 Å². The van der Waals surface area contributed by atoms with E-state index in [1.54, 1.807) is 55.5 Å². The number of aryl methyl sites for hydroxylation is 1. The molecule has 194 valence electrons. The largest absolute Gasteiger partial charge is 0.490 e. The lowest BCUT2D eigenvalue weighted by Crippen LogP contribution is -2.54. The zero-order chi connectivity index (χ0) is 27.2. The van der Waals surface area contributed by atoms with Gasteiger partial charge in [-0.25, -0.2) is 9.69 Å². The lowest BCUT2D eigenvalue weighted by molar-refractivity contribution is -0.122. The number of anilines is 2. The predicted octanol–water partition coefficient (Wildman–Crippen LogP) is 4.68. The Morgan fingerprint density at radius 3 is 2.50 bits per heavy atom. The Kier molecular flexibility index (Phi) is 8.41. The van der Waals surface area contributed by atoms with Crippen LogP contribution in [0.15, 0.2) is 72.3 Å². The molecule has 0 saturated carbocycles. The molecule has 1 heterocycles. The first kappa shape index (κ1) is 26.9. The van der Waals surface area contributed by atoms with Gasteiger partial charge in [-0.15, -0.1) is 0 Å². The SMILES string of the molecule is CCOc1cc(/C=C2\C(=O)NC(=O)N(c3ccccc3)C2=O)cc(I)c1OCC(=O)Nc1cccc(C)c1. The first-order chi connectivity index (χ1) is 18.3. The van der Waals surface area contributed by atoms with Crippen molar-refractivity contribution in [2.24, 2.45) is 0 Å². The van der Waals surface area contributed by atoms with E-state index in [0.29, 0.717) is 38.6 Å². The fourth-order valence-electron chi connectivity index (χ4n) is 3.77. The van der Waals surface area contributed by atoms with Crippen LogP contribution in [0.4, 0.5) is 16.2 Å². The number of hydrogen-bond donors (Lipinski definition) is 2. The van der Waals surface area contributed by atoms with Crippen molar-refractivity contribution in [2.75, 3.05) is 23.4 Å². The number of nitrogens with one attached hydrogen (secondary N) is 2. The molecule has 9 nitrogen and oxygen atoms in total. The van der Waals surface area contributed by atoms with E-state index in [1.165, 1.54) is 6.08 Å². The average Bonchev–Trinajstić information content (AvgIpc) is 2.87. The molecule has 1 fully saturated rings. The fourth-order valence-corrected chi connectivity index (χ4v) is 4.55. The minimum absolute atomic E-state index is 0.210. The number of carbonyl (C=O) groups is 4. The van der Waals surface area contributed by atoms with Crippen LogP contribution in [0, 0.1) is 10.5 Å². The Bertz CT molecular complexity index is 1440. The molecule has 5 amide bonds. The molecule has 2 N–H and O–H groups in total. The fraction of sp³-hybridized carbons (Fsp3) is 0.143. The second kappa shape index (κ2) is 11.9. The van der Waals surface area contributed by atoms with Crippen LogP contribution in [0.5, 0.6) is 11.5 Å². The van der Waals surface area contributed by atoms with Crippen molar-refractivity contribution in [3.05, 3.63) is 87.0 Å². The minimum atomic E-state index is -0.819. The van der Waals surface area contributed by atoms with Gasteiger partial charge in [0.1, 0.15) is 5.57 Å². The van der Waals surface area contributed by atoms with E-state index in [2.05, 4.69) is 10.6 Å². The molecule has 0 atom stereocenters. The monoisotopic (exact) mass is 625 g/mol. The highest BCUT2D eigenvalue weighted by molar-refractivity contribution is 14.1. The van der Waals surface area contributed by atoms with Gasteiger partial charge in [0.25, 0.3) is 17.7 Å². The molecule has 3 aromatic rings. The van der Waals surface area contributed by atoms with Crippen molar-refractivity contribution in [1.29, 1.82) is 0 Å². The summed E-state index contributed by atoms with van der Waals surface area (Å²) in [6, 6.07) is 18.2. The summed E-state index contributed by atoms with van der Waals surface area (Å²) in [6.45, 7) is 3.80. The maximum absolute atomic E-state index is 13.1. The van der Waals surface area contributed by atoms with E-state index in [1.807, 2.05) is 47.7 Å². The molecule has 0 bridgehead atoms. The van der Waals surface area contributed by atoms with Gasteiger partial charge < -0.3 is 14.8 Å². The molecule has 10 heteroatoms. The lowest BCUT2D eigenvalue weighted by atomic mass is 10.1. The van der Waals surface area contributed by atoms with Gasteiger partial charge in [-0.2, -0.15) is 0 Å². The third-order valence-electron chi connectivity index (χ3n) is 5.41. The molecule has 38 heavy (non-hydrogen) atoms. The summed E-state index contributed by atoms with van der Waals surface area (Å²) in [5, 5.41) is 5.00. The van der Waals surface area contributed by atoms with Gasteiger partial charge in [0.05, 0.1) is 15.9 Å². The number of ether oxygens (including phenoxy) is 2. The Labute approximate surface area is 232 Å². The Balaban J connectivity index is 1.57. The standard InChI is InChI=1S/C28H24IN3O6/c1-3-37-23-15-18(13-21-26(34)31-28(36)32(27(21)35)20-10-5-4-6-11-20)14-22(29)25(23)38-16-24(33)30-19-9-7-8-17(2)12-19/h4-15H,3,16H2,1-2H3,(H,30,33)(H,31,34,36)/b21-13+. The third-order valence-corrected chi connectivity index (χ3v) is 6.21. The summed E-state index contributed by atoms with van der Waals surface area (Å²) in [7, 11) is 0. The molecule has 1 saturated heterocycles. The maximum atomic E-state index is 13.1. The summed E-state index contributed by atoms with van der Waals surface area (Å²) >= 11 is 2.03. The quantitative estimate of drug-likeness (QED) is 0.214. The third kappa shape index (κ3) is 6.20. The second-order valence-electron chi connectivity index (χ2n) is 8.26. The molecule has 0 aromatic heterocycles. The van der Waals surface area contributed by atoms with Crippen molar-refractivity contribution in [2.45, 2.75) is 13.8 Å². The lowest BCUT2D eigenvalue weighted by Gasteiger charge is -2.26.